The van der Waals surface area contributed by atoms with Crippen LogP contribution in [0, 0.1) is 19.8 Å². The first-order chi connectivity index (χ1) is 19.9. The highest BCUT2D eigenvalue weighted by Gasteiger charge is 2.30. The molecule has 8 nitrogen and oxygen atoms in total. The Labute approximate surface area is 241 Å². The Morgan fingerprint density at radius 1 is 0.878 bits per heavy atom. The van der Waals surface area contributed by atoms with E-state index in [1.807, 2.05) is 60.1 Å². The van der Waals surface area contributed by atoms with E-state index in [0.717, 1.165) is 80.1 Å². The van der Waals surface area contributed by atoms with Crippen molar-refractivity contribution in [1.29, 1.82) is 0 Å². The molecule has 0 bridgehead atoms. The number of piperazine rings is 1. The number of fused-ring (bicyclic) bond motifs is 1. The van der Waals surface area contributed by atoms with E-state index in [0.29, 0.717) is 11.4 Å². The van der Waals surface area contributed by atoms with Gasteiger partial charge in [0.15, 0.2) is 5.82 Å². The number of hydrogen-bond acceptors (Lipinski definition) is 5. The van der Waals surface area contributed by atoms with Crippen LogP contribution >= 0.6 is 0 Å². The predicted octanol–water partition coefficient (Wildman–Crippen LogP) is 5.36. The molecule has 2 amide bonds. The number of likely N-dealkylation sites (N-methyl/N-ethyl adjacent to an activating group) is 1. The number of carbonyl (C=O) groups excluding carboxylic acids is 2. The Morgan fingerprint density at radius 2 is 1.66 bits per heavy atom. The van der Waals surface area contributed by atoms with Gasteiger partial charge in [-0.15, -0.1) is 0 Å². The number of pyridine rings is 1. The van der Waals surface area contributed by atoms with Crippen LogP contribution in [0.5, 0.6) is 0 Å². The summed E-state index contributed by atoms with van der Waals surface area (Å²) in [7, 11) is 0. The van der Waals surface area contributed by atoms with Gasteiger partial charge in [0.05, 0.1) is 6.20 Å². The van der Waals surface area contributed by atoms with Gasteiger partial charge in [-0.3, -0.25) is 14.5 Å². The van der Waals surface area contributed by atoms with E-state index in [1.54, 1.807) is 0 Å². The summed E-state index contributed by atoms with van der Waals surface area (Å²) < 4.78 is 1.91. The van der Waals surface area contributed by atoms with Crippen LogP contribution in [0.15, 0.2) is 60.9 Å². The third-order valence-corrected chi connectivity index (χ3v) is 8.37. The number of nitrogens with zero attached hydrogens (tertiary/aromatic N) is 4. The van der Waals surface area contributed by atoms with Crippen LogP contribution in [0.3, 0.4) is 0 Å². The highest BCUT2D eigenvalue weighted by molar-refractivity contribution is 6.05. The molecule has 1 aliphatic carbocycles. The zero-order valence-corrected chi connectivity index (χ0v) is 24.1. The molecule has 6 rings (SSSR count). The molecule has 2 aliphatic rings. The lowest BCUT2D eigenvalue weighted by molar-refractivity contribution is -0.117. The first kappa shape index (κ1) is 27.2. The molecule has 41 heavy (non-hydrogen) atoms. The molecule has 212 valence electrons. The third kappa shape index (κ3) is 6.19. The van der Waals surface area contributed by atoms with Crippen LogP contribution in [-0.2, 0) is 11.3 Å². The number of nitrogens with one attached hydrogen (secondary N) is 2. The molecule has 0 atom stereocenters. The second-order valence-corrected chi connectivity index (χ2v) is 11.4. The molecule has 2 aromatic carbocycles. The van der Waals surface area contributed by atoms with Crippen molar-refractivity contribution in [1.82, 2.24) is 19.2 Å². The van der Waals surface area contributed by atoms with E-state index in [4.69, 9.17) is 0 Å². The fourth-order valence-corrected chi connectivity index (χ4v) is 5.52. The lowest BCUT2D eigenvalue weighted by Gasteiger charge is -2.34. The number of rotatable bonds is 8. The van der Waals surface area contributed by atoms with Crippen molar-refractivity contribution in [3.8, 4) is 11.1 Å². The van der Waals surface area contributed by atoms with Crippen LogP contribution < -0.4 is 10.6 Å². The SMILES string of the molecule is CCN1CCN(Cc2ccc(NC(=O)c3ccc(C)c(-c4ccc5nc(NC(=O)C6CC6)cn5c4)c3)cc2C)CC1. The van der Waals surface area contributed by atoms with Crippen molar-refractivity contribution < 1.29 is 9.59 Å². The number of aromatic nitrogens is 2. The highest BCUT2D eigenvalue weighted by Crippen LogP contribution is 2.30. The van der Waals surface area contributed by atoms with E-state index in [1.165, 1.54) is 11.1 Å². The number of carbonyl (C=O) groups is 2. The lowest BCUT2D eigenvalue weighted by atomic mass is 9.99. The second kappa shape index (κ2) is 11.5. The quantitative estimate of drug-likeness (QED) is 0.309. The number of aryl methyl sites for hydroxylation is 2. The summed E-state index contributed by atoms with van der Waals surface area (Å²) in [5, 5.41) is 6.01. The molecular formula is C33H38N6O2. The molecule has 3 heterocycles. The van der Waals surface area contributed by atoms with Crippen LogP contribution in [0.2, 0.25) is 0 Å². The molecule has 4 aromatic rings. The molecule has 1 saturated carbocycles. The summed E-state index contributed by atoms with van der Waals surface area (Å²) in [5.41, 5.74) is 7.67. The standard InChI is InChI=1S/C33H38N6O2/c1-4-37-13-15-38(16-14-37)19-26-9-11-28(17-23(26)3)34-33(41)25-6-5-22(2)29(18-25)27-10-12-31-35-30(21-39(31)20-27)36-32(40)24-7-8-24/h5-6,9-12,17-18,20-21,24H,4,7-8,13-16,19H2,1-3H3,(H,34,41)(H,36,40). The fraction of sp³-hybridized carbons (Fsp3) is 0.364. The zero-order chi connectivity index (χ0) is 28.5. The Bertz CT molecular complexity index is 1600. The molecule has 0 unspecified atom stereocenters. The molecule has 1 saturated heterocycles. The van der Waals surface area contributed by atoms with Crippen LogP contribution in [-0.4, -0.2) is 63.7 Å². The van der Waals surface area contributed by atoms with Gasteiger partial charge in [-0.05, 0) is 97.4 Å². The molecule has 2 aromatic heterocycles. The van der Waals surface area contributed by atoms with Gasteiger partial charge in [0.25, 0.3) is 5.91 Å². The number of amides is 2. The van der Waals surface area contributed by atoms with Gasteiger partial charge in [-0.2, -0.15) is 0 Å². The normalized spacial score (nSPS) is 16.2. The second-order valence-electron chi connectivity index (χ2n) is 11.4. The fourth-order valence-electron chi connectivity index (χ4n) is 5.52. The molecule has 0 radical (unpaired) electrons. The minimum Gasteiger partial charge on any atom is -0.322 e. The van der Waals surface area contributed by atoms with Crippen LogP contribution in [0.4, 0.5) is 11.5 Å². The minimum absolute atomic E-state index is 0.0403. The molecule has 2 fully saturated rings. The Hall–Kier alpha value is -4.01. The van der Waals surface area contributed by atoms with Crippen molar-refractivity contribution >= 4 is 29.0 Å². The average molecular weight is 551 g/mol. The Kier molecular flexibility index (Phi) is 7.60. The smallest absolute Gasteiger partial charge is 0.255 e. The summed E-state index contributed by atoms with van der Waals surface area (Å²) in [6.45, 7) is 12.9. The largest absolute Gasteiger partial charge is 0.322 e. The van der Waals surface area contributed by atoms with Crippen molar-refractivity contribution in [2.75, 3.05) is 43.4 Å². The average Bonchev–Trinajstić information content (AvgIpc) is 3.75. The molecule has 8 heteroatoms. The van der Waals surface area contributed by atoms with E-state index >= 15 is 0 Å². The molecular weight excluding hydrogens is 512 g/mol. The summed E-state index contributed by atoms with van der Waals surface area (Å²) in [4.78, 5) is 35.0. The first-order valence-electron chi connectivity index (χ1n) is 14.6. The summed E-state index contributed by atoms with van der Waals surface area (Å²) >= 11 is 0. The monoisotopic (exact) mass is 550 g/mol. The van der Waals surface area contributed by atoms with E-state index < -0.39 is 0 Å². The number of imidazole rings is 1. The highest BCUT2D eigenvalue weighted by atomic mass is 16.2. The van der Waals surface area contributed by atoms with Gasteiger partial charge in [0, 0.05) is 56.1 Å². The number of anilines is 2. The maximum absolute atomic E-state index is 13.3. The van der Waals surface area contributed by atoms with Gasteiger partial charge in [0.2, 0.25) is 5.91 Å². The number of hydrogen-bond donors (Lipinski definition) is 2. The van der Waals surface area contributed by atoms with Crippen molar-refractivity contribution in [3.05, 3.63) is 83.2 Å². The molecule has 0 spiro atoms. The number of benzene rings is 2. The summed E-state index contributed by atoms with van der Waals surface area (Å²) in [5.74, 6) is 0.589. The summed E-state index contributed by atoms with van der Waals surface area (Å²) in [6.07, 6.45) is 5.73. The Morgan fingerprint density at radius 3 is 2.39 bits per heavy atom. The van der Waals surface area contributed by atoms with Gasteiger partial charge >= 0.3 is 0 Å². The van der Waals surface area contributed by atoms with Gasteiger partial charge in [-0.1, -0.05) is 19.1 Å². The zero-order valence-electron chi connectivity index (χ0n) is 24.1. The van der Waals surface area contributed by atoms with Crippen molar-refractivity contribution in [2.45, 2.75) is 40.2 Å². The topological polar surface area (TPSA) is 82.0 Å². The van der Waals surface area contributed by atoms with Crippen molar-refractivity contribution in [2.24, 2.45) is 5.92 Å². The maximum Gasteiger partial charge on any atom is 0.255 e. The van der Waals surface area contributed by atoms with Crippen LogP contribution in [0.25, 0.3) is 16.8 Å². The molecule has 1 aliphatic heterocycles. The van der Waals surface area contributed by atoms with Crippen molar-refractivity contribution in [3.63, 3.8) is 0 Å². The Balaban J connectivity index is 1.14. The van der Waals surface area contributed by atoms with Gasteiger partial charge in [-0.25, -0.2) is 4.98 Å². The minimum atomic E-state index is -0.136. The lowest BCUT2D eigenvalue weighted by Crippen LogP contribution is -2.45. The maximum atomic E-state index is 13.3. The van der Waals surface area contributed by atoms with Gasteiger partial charge < -0.3 is 19.9 Å². The molecule has 2 N–H and O–H groups in total. The first-order valence-corrected chi connectivity index (χ1v) is 14.6. The van der Waals surface area contributed by atoms with E-state index in [9.17, 15) is 9.59 Å². The predicted molar refractivity (Wildman–Crippen MR) is 163 cm³/mol. The van der Waals surface area contributed by atoms with E-state index in [2.05, 4.69) is 51.4 Å². The van der Waals surface area contributed by atoms with Gasteiger partial charge in [0.1, 0.15) is 5.65 Å². The summed E-state index contributed by atoms with van der Waals surface area (Å²) in [6, 6.07) is 15.9. The third-order valence-electron chi connectivity index (χ3n) is 8.37. The van der Waals surface area contributed by atoms with Crippen LogP contribution in [0.1, 0.15) is 46.8 Å². The van der Waals surface area contributed by atoms with E-state index in [-0.39, 0.29) is 17.7 Å².